The van der Waals surface area contributed by atoms with Crippen molar-refractivity contribution in [2.75, 3.05) is 5.32 Å². The number of hydrogen-bond donors (Lipinski definition) is 1. The lowest BCUT2D eigenvalue weighted by atomic mass is 9.98. The summed E-state index contributed by atoms with van der Waals surface area (Å²) < 4.78 is 13.0. The van der Waals surface area contributed by atoms with Crippen LogP contribution >= 0.6 is 0 Å². The van der Waals surface area contributed by atoms with E-state index in [2.05, 4.69) is 12.2 Å². The summed E-state index contributed by atoms with van der Waals surface area (Å²) in [4.78, 5) is 12.1. The van der Waals surface area contributed by atoms with E-state index in [1.165, 1.54) is 12.1 Å². The van der Waals surface area contributed by atoms with Crippen LogP contribution in [0.15, 0.2) is 18.2 Å². The maximum absolute atomic E-state index is 13.0. The highest BCUT2D eigenvalue weighted by Gasteiger charge is 2.17. The fourth-order valence-corrected chi connectivity index (χ4v) is 1.92. The second-order valence-corrected chi connectivity index (χ2v) is 4.54. The molecule has 0 bridgehead atoms. The van der Waals surface area contributed by atoms with Gasteiger partial charge in [0.2, 0.25) is 5.91 Å². The SMILES string of the molecule is CCCCC(CC)C(=O)Nc1ccc(F)cc1C#N. The fraction of sp³-hybridized carbons (Fsp3) is 0.467. The smallest absolute Gasteiger partial charge is 0.227 e. The van der Waals surface area contributed by atoms with Crippen LogP contribution in [0.4, 0.5) is 10.1 Å². The van der Waals surface area contributed by atoms with Crippen molar-refractivity contribution in [1.29, 1.82) is 5.26 Å². The van der Waals surface area contributed by atoms with Gasteiger partial charge >= 0.3 is 0 Å². The summed E-state index contributed by atoms with van der Waals surface area (Å²) >= 11 is 0. The molecule has 19 heavy (non-hydrogen) atoms. The van der Waals surface area contributed by atoms with Crippen LogP contribution < -0.4 is 5.32 Å². The van der Waals surface area contributed by atoms with Gasteiger partial charge in [-0.15, -0.1) is 0 Å². The first-order valence-corrected chi connectivity index (χ1v) is 6.62. The predicted molar refractivity (Wildman–Crippen MR) is 73.1 cm³/mol. The minimum atomic E-state index is -0.479. The molecule has 1 aromatic carbocycles. The van der Waals surface area contributed by atoms with Gasteiger partial charge in [0.05, 0.1) is 11.3 Å². The molecule has 1 atom stereocenters. The second-order valence-electron chi connectivity index (χ2n) is 4.54. The van der Waals surface area contributed by atoms with E-state index in [-0.39, 0.29) is 17.4 Å². The van der Waals surface area contributed by atoms with Gasteiger partial charge in [-0.1, -0.05) is 26.7 Å². The molecule has 0 radical (unpaired) electrons. The summed E-state index contributed by atoms with van der Waals surface area (Å²) in [5.74, 6) is -0.636. The van der Waals surface area contributed by atoms with Gasteiger partial charge in [0.25, 0.3) is 0 Å². The molecule has 0 fully saturated rings. The number of anilines is 1. The van der Waals surface area contributed by atoms with Crippen molar-refractivity contribution in [3.63, 3.8) is 0 Å². The predicted octanol–water partition coefficient (Wildman–Crippen LogP) is 3.85. The zero-order valence-electron chi connectivity index (χ0n) is 11.4. The molecule has 3 nitrogen and oxygen atoms in total. The number of nitrogens with one attached hydrogen (secondary N) is 1. The number of nitriles is 1. The molecule has 0 aliphatic rings. The fourth-order valence-electron chi connectivity index (χ4n) is 1.92. The molecule has 1 aromatic rings. The molecule has 1 unspecified atom stereocenters. The molecular weight excluding hydrogens is 243 g/mol. The summed E-state index contributed by atoms with van der Waals surface area (Å²) in [5, 5.41) is 11.6. The third-order valence-corrected chi connectivity index (χ3v) is 3.13. The minimum Gasteiger partial charge on any atom is -0.325 e. The van der Waals surface area contributed by atoms with E-state index in [1.807, 2.05) is 13.0 Å². The molecule has 0 spiro atoms. The van der Waals surface area contributed by atoms with Crippen molar-refractivity contribution < 1.29 is 9.18 Å². The third kappa shape index (κ3) is 4.36. The number of hydrogen-bond acceptors (Lipinski definition) is 2. The topological polar surface area (TPSA) is 52.9 Å². The van der Waals surface area contributed by atoms with Gasteiger partial charge < -0.3 is 5.32 Å². The Bertz CT molecular complexity index is 480. The highest BCUT2D eigenvalue weighted by molar-refractivity contribution is 5.93. The van der Waals surface area contributed by atoms with Crippen LogP contribution in [0.3, 0.4) is 0 Å². The zero-order chi connectivity index (χ0) is 14.3. The molecule has 0 saturated heterocycles. The van der Waals surface area contributed by atoms with Crippen LogP contribution in [0.25, 0.3) is 0 Å². The molecule has 0 heterocycles. The van der Waals surface area contributed by atoms with Gasteiger partial charge in [-0.05, 0) is 31.0 Å². The lowest BCUT2D eigenvalue weighted by Gasteiger charge is -2.15. The highest BCUT2D eigenvalue weighted by Crippen LogP contribution is 2.19. The van der Waals surface area contributed by atoms with Crippen LogP contribution in [0.2, 0.25) is 0 Å². The first kappa shape index (κ1) is 15.2. The van der Waals surface area contributed by atoms with Crippen LogP contribution in [0.5, 0.6) is 0 Å². The zero-order valence-corrected chi connectivity index (χ0v) is 11.4. The Morgan fingerprint density at radius 3 is 2.79 bits per heavy atom. The van der Waals surface area contributed by atoms with Crippen LogP contribution in [-0.4, -0.2) is 5.91 Å². The van der Waals surface area contributed by atoms with Crippen molar-refractivity contribution in [3.05, 3.63) is 29.6 Å². The number of nitrogens with zero attached hydrogens (tertiary/aromatic N) is 1. The number of unbranched alkanes of at least 4 members (excludes halogenated alkanes) is 1. The van der Waals surface area contributed by atoms with E-state index in [9.17, 15) is 9.18 Å². The Kier molecular flexibility index (Phi) is 6.01. The second kappa shape index (κ2) is 7.52. The number of amides is 1. The molecule has 1 rings (SSSR count). The van der Waals surface area contributed by atoms with Gasteiger partial charge in [-0.2, -0.15) is 5.26 Å². The quantitative estimate of drug-likeness (QED) is 0.846. The summed E-state index contributed by atoms with van der Waals surface area (Å²) in [6.07, 6.45) is 3.64. The van der Waals surface area contributed by atoms with Gasteiger partial charge in [0.1, 0.15) is 11.9 Å². The van der Waals surface area contributed by atoms with E-state index in [0.717, 1.165) is 31.7 Å². The summed E-state index contributed by atoms with van der Waals surface area (Å²) in [5.41, 5.74) is 0.530. The first-order valence-electron chi connectivity index (χ1n) is 6.62. The Balaban J connectivity index is 2.78. The van der Waals surface area contributed by atoms with Crippen LogP contribution in [-0.2, 0) is 4.79 Å². The van der Waals surface area contributed by atoms with Gasteiger partial charge in [-0.25, -0.2) is 4.39 Å². The standard InChI is InChI=1S/C15H19FN2O/c1-3-5-6-11(4-2)15(19)18-14-8-7-13(16)9-12(14)10-17/h7-9,11H,3-6H2,1-2H3,(H,18,19). The van der Waals surface area contributed by atoms with Gasteiger partial charge in [0.15, 0.2) is 0 Å². The number of rotatable bonds is 6. The largest absolute Gasteiger partial charge is 0.325 e. The van der Waals surface area contributed by atoms with Gasteiger partial charge in [0, 0.05) is 5.92 Å². The van der Waals surface area contributed by atoms with Crippen LogP contribution in [0, 0.1) is 23.1 Å². The van der Waals surface area contributed by atoms with E-state index in [4.69, 9.17) is 5.26 Å². The summed E-state index contributed by atoms with van der Waals surface area (Å²) in [7, 11) is 0. The molecule has 102 valence electrons. The van der Waals surface area contributed by atoms with E-state index in [0.29, 0.717) is 5.69 Å². The minimum absolute atomic E-state index is 0.0588. The van der Waals surface area contributed by atoms with E-state index >= 15 is 0 Å². The number of carbonyl (C=O) groups excluding carboxylic acids is 1. The lowest BCUT2D eigenvalue weighted by molar-refractivity contribution is -0.120. The Morgan fingerprint density at radius 1 is 1.47 bits per heavy atom. The molecule has 0 saturated carbocycles. The maximum atomic E-state index is 13.0. The maximum Gasteiger partial charge on any atom is 0.227 e. The summed E-state index contributed by atoms with van der Waals surface area (Å²) in [6.45, 7) is 4.05. The Labute approximate surface area is 113 Å². The molecule has 0 aromatic heterocycles. The van der Waals surface area contributed by atoms with Crippen molar-refractivity contribution in [2.45, 2.75) is 39.5 Å². The Morgan fingerprint density at radius 2 is 2.21 bits per heavy atom. The average Bonchev–Trinajstić information content (AvgIpc) is 2.41. The van der Waals surface area contributed by atoms with Crippen LogP contribution in [0.1, 0.15) is 45.1 Å². The highest BCUT2D eigenvalue weighted by atomic mass is 19.1. The normalized spacial score (nSPS) is 11.7. The van der Waals surface area contributed by atoms with Crippen molar-refractivity contribution >= 4 is 11.6 Å². The number of carbonyl (C=O) groups is 1. The number of halogens is 1. The summed E-state index contributed by atoms with van der Waals surface area (Å²) in [6, 6.07) is 5.68. The van der Waals surface area contributed by atoms with E-state index < -0.39 is 5.82 Å². The molecular formula is C15H19FN2O. The van der Waals surface area contributed by atoms with Crippen molar-refractivity contribution in [3.8, 4) is 6.07 Å². The van der Waals surface area contributed by atoms with E-state index in [1.54, 1.807) is 0 Å². The monoisotopic (exact) mass is 262 g/mol. The lowest BCUT2D eigenvalue weighted by Crippen LogP contribution is -2.22. The Hall–Kier alpha value is -1.89. The molecule has 1 amide bonds. The first-order chi connectivity index (χ1) is 9.12. The molecule has 1 N–H and O–H groups in total. The third-order valence-electron chi connectivity index (χ3n) is 3.13. The molecule has 0 aliphatic heterocycles. The molecule has 0 aliphatic carbocycles. The van der Waals surface area contributed by atoms with Gasteiger partial charge in [-0.3, -0.25) is 4.79 Å². The van der Waals surface area contributed by atoms with Crippen molar-refractivity contribution in [2.24, 2.45) is 5.92 Å². The molecule has 4 heteroatoms. The number of benzene rings is 1. The average molecular weight is 262 g/mol. The van der Waals surface area contributed by atoms with Crippen molar-refractivity contribution in [1.82, 2.24) is 0 Å².